The number of hydrogen-bond donors (Lipinski definition) is 4. The van der Waals surface area contributed by atoms with Crippen LogP contribution in [0.15, 0.2) is 4.99 Å². The minimum absolute atomic E-state index is 0.176. The van der Waals surface area contributed by atoms with Gasteiger partial charge in [-0.15, -0.1) is 0 Å². The molecule has 0 aromatic carbocycles. The molecule has 0 spiro atoms. The third-order valence-corrected chi connectivity index (χ3v) is 2.96. The molecule has 0 aromatic heterocycles. The van der Waals surface area contributed by atoms with Gasteiger partial charge in [-0.05, 0) is 33.1 Å². The normalized spacial score (nSPS) is 15.6. The molecule has 0 saturated carbocycles. The lowest BCUT2D eigenvalue weighted by molar-refractivity contribution is -0.142. The molecule has 0 aromatic rings. The number of amides is 1. The summed E-state index contributed by atoms with van der Waals surface area (Å²) >= 11 is 0. The van der Waals surface area contributed by atoms with Crippen LogP contribution in [0.25, 0.3) is 0 Å². The Bertz CT molecular complexity index is 440. The van der Waals surface area contributed by atoms with E-state index in [4.69, 9.17) is 21.8 Å². The summed E-state index contributed by atoms with van der Waals surface area (Å²) in [6.07, 6.45) is 1.37. The number of aliphatic carboxylic acids is 1. The molecule has 8 heteroatoms. The van der Waals surface area contributed by atoms with Gasteiger partial charge in [0.15, 0.2) is 0 Å². The van der Waals surface area contributed by atoms with Gasteiger partial charge in [-0.3, -0.25) is 14.6 Å². The van der Waals surface area contributed by atoms with Crippen LogP contribution in [0, 0.1) is 11.3 Å². The number of carboxylic acid groups (broad SMARTS) is 1. The lowest BCUT2D eigenvalue weighted by atomic mass is 9.89. The van der Waals surface area contributed by atoms with E-state index in [2.05, 4.69) is 10.3 Å². The Kier molecular flexibility index (Phi) is 8.01. The number of carbonyl (C=O) groups excluding carboxylic acids is 1. The van der Waals surface area contributed by atoms with Crippen molar-refractivity contribution in [2.75, 3.05) is 6.54 Å². The SMILES string of the molecule is CC(N)=NCCCCC(N)(CC#N)C(=O)N[C@@H](C)C(=O)O. The maximum absolute atomic E-state index is 12.0. The fourth-order valence-electron chi connectivity index (χ4n) is 1.63. The van der Waals surface area contributed by atoms with Crippen molar-refractivity contribution in [3.63, 3.8) is 0 Å². The summed E-state index contributed by atoms with van der Waals surface area (Å²) in [4.78, 5) is 26.8. The van der Waals surface area contributed by atoms with Crippen molar-refractivity contribution in [2.24, 2.45) is 16.5 Å². The van der Waals surface area contributed by atoms with Crippen LogP contribution in [0.3, 0.4) is 0 Å². The summed E-state index contributed by atoms with van der Waals surface area (Å²) in [6.45, 7) is 3.55. The van der Waals surface area contributed by atoms with E-state index in [1.54, 1.807) is 6.92 Å². The molecule has 0 bridgehead atoms. The molecule has 0 fully saturated rings. The van der Waals surface area contributed by atoms with Crippen LogP contribution in [0.5, 0.6) is 0 Å². The molecule has 118 valence electrons. The molecule has 0 aliphatic heterocycles. The minimum atomic E-state index is -1.39. The van der Waals surface area contributed by atoms with Gasteiger partial charge < -0.3 is 21.9 Å². The predicted molar refractivity (Wildman–Crippen MR) is 78.4 cm³/mol. The van der Waals surface area contributed by atoms with Gasteiger partial charge in [0.2, 0.25) is 5.91 Å². The first kappa shape index (κ1) is 18.9. The monoisotopic (exact) mass is 297 g/mol. The maximum Gasteiger partial charge on any atom is 0.325 e. The van der Waals surface area contributed by atoms with E-state index >= 15 is 0 Å². The summed E-state index contributed by atoms with van der Waals surface area (Å²) in [5.74, 6) is -1.30. The molecule has 0 saturated heterocycles. The zero-order valence-corrected chi connectivity index (χ0v) is 12.4. The molecule has 8 nitrogen and oxygen atoms in total. The van der Waals surface area contributed by atoms with Crippen LogP contribution < -0.4 is 16.8 Å². The number of rotatable bonds is 9. The predicted octanol–water partition coefficient (Wildman–Crippen LogP) is -0.266. The van der Waals surface area contributed by atoms with Crippen LogP contribution in [0.4, 0.5) is 0 Å². The number of aliphatic imine (C=N–C) groups is 1. The van der Waals surface area contributed by atoms with Gasteiger partial charge >= 0.3 is 5.97 Å². The Balaban J connectivity index is 4.54. The fraction of sp³-hybridized carbons (Fsp3) is 0.692. The van der Waals surface area contributed by atoms with E-state index < -0.39 is 23.5 Å². The van der Waals surface area contributed by atoms with Crippen molar-refractivity contribution in [3.05, 3.63) is 0 Å². The van der Waals surface area contributed by atoms with Crippen molar-refractivity contribution in [3.8, 4) is 6.07 Å². The largest absolute Gasteiger partial charge is 0.480 e. The first-order chi connectivity index (χ1) is 9.73. The Morgan fingerprint density at radius 2 is 2.10 bits per heavy atom. The molecular weight excluding hydrogens is 274 g/mol. The molecule has 0 aliphatic carbocycles. The van der Waals surface area contributed by atoms with Gasteiger partial charge in [-0.1, -0.05) is 0 Å². The molecule has 0 rings (SSSR count). The van der Waals surface area contributed by atoms with Gasteiger partial charge in [0.05, 0.1) is 18.3 Å². The third-order valence-electron chi connectivity index (χ3n) is 2.96. The first-order valence-corrected chi connectivity index (χ1v) is 6.69. The molecule has 2 atom stereocenters. The zero-order valence-electron chi connectivity index (χ0n) is 12.4. The van der Waals surface area contributed by atoms with E-state index in [-0.39, 0.29) is 12.8 Å². The van der Waals surface area contributed by atoms with Gasteiger partial charge in [0.25, 0.3) is 0 Å². The van der Waals surface area contributed by atoms with Crippen molar-refractivity contribution < 1.29 is 14.7 Å². The molecule has 1 unspecified atom stereocenters. The number of nitrogens with one attached hydrogen (secondary N) is 1. The van der Waals surface area contributed by atoms with E-state index in [1.165, 1.54) is 6.92 Å². The molecule has 0 heterocycles. The van der Waals surface area contributed by atoms with Crippen LogP contribution >= 0.6 is 0 Å². The number of unbranched alkanes of at least 4 members (excludes halogenated alkanes) is 1. The van der Waals surface area contributed by atoms with E-state index in [1.807, 2.05) is 6.07 Å². The van der Waals surface area contributed by atoms with Crippen LogP contribution in [0.2, 0.25) is 0 Å². The van der Waals surface area contributed by atoms with Crippen molar-refractivity contribution >= 4 is 17.7 Å². The molecule has 21 heavy (non-hydrogen) atoms. The van der Waals surface area contributed by atoms with E-state index in [0.717, 1.165) is 0 Å². The highest BCUT2D eigenvalue weighted by Gasteiger charge is 2.34. The minimum Gasteiger partial charge on any atom is -0.480 e. The standard InChI is InChI=1S/C13H23N5O3/c1-9(11(19)20)18-12(21)13(16,6-7-14)5-3-4-8-17-10(2)15/h9H,3-6,8,16H2,1-2H3,(H2,15,17)(H,18,21)(H,19,20)/t9-,13?/m0/s1. The van der Waals surface area contributed by atoms with Crippen LogP contribution in [-0.2, 0) is 9.59 Å². The van der Waals surface area contributed by atoms with Crippen LogP contribution in [-0.4, -0.2) is 40.9 Å². The second-order valence-corrected chi connectivity index (χ2v) is 5.00. The van der Waals surface area contributed by atoms with E-state index in [9.17, 15) is 9.59 Å². The number of carboxylic acids is 1. The van der Waals surface area contributed by atoms with Gasteiger partial charge in [0.1, 0.15) is 11.6 Å². The Hall–Kier alpha value is -2.14. The summed E-state index contributed by atoms with van der Waals surface area (Å²) in [6, 6.07) is 0.818. The average molecular weight is 297 g/mol. The number of carbonyl (C=O) groups is 2. The summed E-state index contributed by atoms with van der Waals surface area (Å²) < 4.78 is 0. The summed E-state index contributed by atoms with van der Waals surface area (Å²) in [5.41, 5.74) is 9.97. The highest BCUT2D eigenvalue weighted by molar-refractivity contribution is 5.90. The highest BCUT2D eigenvalue weighted by atomic mass is 16.4. The molecule has 0 radical (unpaired) electrons. The van der Waals surface area contributed by atoms with Gasteiger partial charge in [-0.25, -0.2) is 0 Å². The number of hydrogen-bond acceptors (Lipinski definition) is 5. The van der Waals surface area contributed by atoms with Crippen molar-refractivity contribution in [1.82, 2.24) is 5.32 Å². The summed E-state index contributed by atoms with van der Waals surface area (Å²) in [7, 11) is 0. The topological polar surface area (TPSA) is 155 Å². The quantitative estimate of drug-likeness (QED) is 0.261. The Morgan fingerprint density at radius 1 is 1.48 bits per heavy atom. The number of nitrogens with zero attached hydrogens (tertiary/aromatic N) is 2. The van der Waals surface area contributed by atoms with Crippen molar-refractivity contribution in [1.29, 1.82) is 5.26 Å². The average Bonchev–Trinajstić information content (AvgIpc) is 2.37. The molecule has 0 aliphatic rings. The lowest BCUT2D eigenvalue weighted by Gasteiger charge is -2.26. The second kappa shape index (κ2) is 8.92. The van der Waals surface area contributed by atoms with Gasteiger partial charge in [-0.2, -0.15) is 5.26 Å². The maximum atomic E-state index is 12.0. The second-order valence-electron chi connectivity index (χ2n) is 5.00. The zero-order chi connectivity index (χ0) is 16.5. The summed E-state index contributed by atoms with van der Waals surface area (Å²) in [5, 5.41) is 19.9. The number of nitriles is 1. The lowest BCUT2D eigenvalue weighted by Crippen LogP contribution is -2.56. The molecule has 6 N–H and O–H groups in total. The Labute approximate surface area is 124 Å². The number of nitrogens with two attached hydrogens (primary N) is 2. The van der Waals surface area contributed by atoms with Crippen LogP contribution in [0.1, 0.15) is 39.5 Å². The Morgan fingerprint density at radius 3 is 2.57 bits per heavy atom. The molecular formula is C13H23N5O3. The van der Waals surface area contributed by atoms with Gasteiger partial charge in [0, 0.05) is 6.54 Å². The first-order valence-electron chi connectivity index (χ1n) is 6.69. The number of amidine groups is 1. The molecule has 1 amide bonds. The fourth-order valence-corrected chi connectivity index (χ4v) is 1.63. The third kappa shape index (κ3) is 7.27. The van der Waals surface area contributed by atoms with E-state index in [0.29, 0.717) is 25.2 Å². The highest BCUT2D eigenvalue weighted by Crippen LogP contribution is 2.16. The smallest absolute Gasteiger partial charge is 0.325 e. The van der Waals surface area contributed by atoms with Crippen molar-refractivity contribution in [2.45, 2.75) is 51.1 Å².